The maximum atomic E-state index is 12.9. The van der Waals surface area contributed by atoms with E-state index in [1.807, 2.05) is 4.90 Å². The average molecular weight is 339 g/mol. The van der Waals surface area contributed by atoms with Gasteiger partial charge in [0.15, 0.2) is 0 Å². The van der Waals surface area contributed by atoms with Crippen molar-refractivity contribution in [2.45, 2.75) is 25.3 Å². The largest absolute Gasteiger partial charge is 0.506 e. The van der Waals surface area contributed by atoms with E-state index in [1.54, 1.807) is 12.1 Å². The summed E-state index contributed by atoms with van der Waals surface area (Å²) in [6, 6.07) is 4.92. The van der Waals surface area contributed by atoms with Crippen LogP contribution in [0.2, 0.25) is 5.02 Å². The molecule has 5 nitrogen and oxygen atoms in total. The zero-order valence-electron chi connectivity index (χ0n) is 13.2. The third-order valence-corrected chi connectivity index (χ3v) is 4.96. The molecule has 2 heterocycles. The lowest BCUT2D eigenvalue weighted by Gasteiger charge is -2.39. The standard InChI is InChI=1S/C17H23ClN2O3/c18-15-11-13(4-5-16(15)21)17(22)20-6-2-1-3-14(20)12-19-7-9-23-10-8-19/h4-5,11,14,21H,1-3,6-10,12H2/t14-/m1/s1. The molecule has 23 heavy (non-hydrogen) atoms. The molecule has 2 aliphatic rings. The molecule has 0 unspecified atom stereocenters. The second-order valence-corrected chi connectivity index (χ2v) is 6.63. The third-order valence-electron chi connectivity index (χ3n) is 4.66. The summed E-state index contributed by atoms with van der Waals surface area (Å²) in [5, 5.41) is 9.75. The van der Waals surface area contributed by atoms with Crippen LogP contribution in [0.1, 0.15) is 29.6 Å². The zero-order valence-corrected chi connectivity index (χ0v) is 14.0. The van der Waals surface area contributed by atoms with Crippen LogP contribution in [0.15, 0.2) is 18.2 Å². The second kappa shape index (κ2) is 7.51. The third kappa shape index (κ3) is 3.97. The number of nitrogens with zero attached hydrogens (tertiary/aromatic N) is 2. The van der Waals surface area contributed by atoms with Gasteiger partial charge in [0.25, 0.3) is 5.91 Å². The van der Waals surface area contributed by atoms with Crippen LogP contribution in [-0.4, -0.2) is 66.2 Å². The molecule has 2 fully saturated rings. The van der Waals surface area contributed by atoms with Crippen molar-refractivity contribution in [2.24, 2.45) is 0 Å². The van der Waals surface area contributed by atoms with Gasteiger partial charge in [0.1, 0.15) is 5.75 Å². The van der Waals surface area contributed by atoms with Gasteiger partial charge >= 0.3 is 0 Å². The van der Waals surface area contributed by atoms with Gasteiger partial charge in [-0.15, -0.1) is 0 Å². The molecule has 0 radical (unpaired) electrons. The van der Waals surface area contributed by atoms with Crippen LogP contribution in [0.3, 0.4) is 0 Å². The Hall–Kier alpha value is -1.30. The van der Waals surface area contributed by atoms with E-state index in [1.165, 1.54) is 6.07 Å². The van der Waals surface area contributed by atoms with Crippen LogP contribution < -0.4 is 0 Å². The lowest BCUT2D eigenvalue weighted by atomic mass is 10.00. The molecule has 6 heteroatoms. The van der Waals surface area contributed by atoms with Gasteiger partial charge in [-0.2, -0.15) is 0 Å². The van der Waals surface area contributed by atoms with Crippen LogP contribution in [0.5, 0.6) is 5.75 Å². The molecular formula is C17H23ClN2O3. The van der Waals surface area contributed by atoms with Crippen molar-refractivity contribution in [1.82, 2.24) is 9.80 Å². The highest BCUT2D eigenvalue weighted by atomic mass is 35.5. The molecule has 0 aliphatic carbocycles. The first-order valence-electron chi connectivity index (χ1n) is 8.25. The topological polar surface area (TPSA) is 53.0 Å². The van der Waals surface area contributed by atoms with Gasteiger partial charge in [0.2, 0.25) is 0 Å². The second-order valence-electron chi connectivity index (χ2n) is 6.23. The number of halogens is 1. The lowest BCUT2D eigenvalue weighted by Crippen LogP contribution is -2.51. The highest BCUT2D eigenvalue weighted by molar-refractivity contribution is 6.32. The minimum absolute atomic E-state index is 0.00450. The van der Waals surface area contributed by atoms with Crippen molar-refractivity contribution in [3.05, 3.63) is 28.8 Å². The van der Waals surface area contributed by atoms with E-state index in [2.05, 4.69) is 4.90 Å². The Kier molecular flexibility index (Phi) is 5.41. The number of benzene rings is 1. The Labute approximate surface area is 141 Å². The average Bonchev–Trinajstić information content (AvgIpc) is 2.58. The number of phenols is 1. The van der Waals surface area contributed by atoms with Gasteiger partial charge in [-0.3, -0.25) is 9.69 Å². The number of hydrogen-bond donors (Lipinski definition) is 1. The molecule has 0 aromatic heterocycles. The molecule has 3 rings (SSSR count). The van der Waals surface area contributed by atoms with Crippen LogP contribution >= 0.6 is 11.6 Å². The molecule has 1 aromatic carbocycles. The van der Waals surface area contributed by atoms with Gasteiger partial charge in [0, 0.05) is 37.8 Å². The predicted octanol–water partition coefficient (Wildman–Crippen LogP) is 2.37. The normalized spacial score (nSPS) is 23.0. The Morgan fingerprint density at radius 2 is 2.04 bits per heavy atom. The number of aromatic hydroxyl groups is 1. The number of ether oxygens (including phenoxy) is 1. The summed E-state index contributed by atoms with van der Waals surface area (Å²) in [6.45, 7) is 5.10. The van der Waals surface area contributed by atoms with E-state index in [9.17, 15) is 9.90 Å². The summed E-state index contributed by atoms with van der Waals surface area (Å²) in [6.07, 6.45) is 3.24. The maximum Gasteiger partial charge on any atom is 0.254 e. The molecular weight excluding hydrogens is 316 g/mol. The number of hydrogen-bond acceptors (Lipinski definition) is 4. The summed E-state index contributed by atoms with van der Waals surface area (Å²) in [5.41, 5.74) is 0.543. The van der Waals surface area contributed by atoms with E-state index in [0.717, 1.165) is 58.7 Å². The maximum absolute atomic E-state index is 12.9. The fourth-order valence-corrected chi connectivity index (χ4v) is 3.53. The fraction of sp³-hybridized carbons (Fsp3) is 0.588. The SMILES string of the molecule is O=C(c1ccc(O)c(Cl)c1)N1CCCC[C@@H]1CN1CCOCC1. The monoisotopic (exact) mass is 338 g/mol. The van der Waals surface area contributed by atoms with Gasteiger partial charge in [-0.25, -0.2) is 0 Å². The highest BCUT2D eigenvalue weighted by Gasteiger charge is 2.29. The molecule has 2 aliphatic heterocycles. The van der Waals surface area contributed by atoms with Crippen molar-refractivity contribution < 1.29 is 14.6 Å². The van der Waals surface area contributed by atoms with E-state index >= 15 is 0 Å². The van der Waals surface area contributed by atoms with Crippen LogP contribution in [-0.2, 0) is 4.74 Å². The number of carbonyl (C=O) groups is 1. The zero-order chi connectivity index (χ0) is 16.2. The molecule has 1 N–H and O–H groups in total. The Morgan fingerprint density at radius 3 is 2.78 bits per heavy atom. The molecule has 1 amide bonds. The number of morpholine rings is 1. The molecule has 0 spiro atoms. The molecule has 1 atom stereocenters. The molecule has 126 valence electrons. The number of phenolic OH excluding ortho intramolecular Hbond substituents is 1. The van der Waals surface area contributed by atoms with E-state index in [-0.39, 0.29) is 22.7 Å². The Balaban J connectivity index is 1.71. The molecule has 1 aromatic rings. The van der Waals surface area contributed by atoms with Crippen molar-refractivity contribution >= 4 is 17.5 Å². The van der Waals surface area contributed by atoms with Gasteiger partial charge in [0.05, 0.1) is 18.2 Å². The number of rotatable bonds is 3. The number of carbonyl (C=O) groups excluding carboxylic acids is 1. The number of amides is 1. The summed E-state index contributed by atoms with van der Waals surface area (Å²) in [4.78, 5) is 17.2. The Bertz CT molecular complexity index is 561. The van der Waals surface area contributed by atoms with E-state index in [0.29, 0.717) is 5.56 Å². The van der Waals surface area contributed by atoms with Crippen LogP contribution in [0, 0.1) is 0 Å². The molecule has 0 bridgehead atoms. The summed E-state index contributed by atoms with van der Waals surface area (Å²) in [5.74, 6) is 0.0107. The number of likely N-dealkylation sites (tertiary alicyclic amines) is 1. The van der Waals surface area contributed by atoms with Crippen molar-refractivity contribution in [3.63, 3.8) is 0 Å². The van der Waals surface area contributed by atoms with Gasteiger partial charge in [-0.1, -0.05) is 11.6 Å². The predicted molar refractivity (Wildman–Crippen MR) is 89.1 cm³/mol. The first-order valence-corrected chi connectivity index (χ1v) is 8.62. The highest BCUT2D eigenvalue weighted by Crippen LogP contribution is 2.26. The van der Waals surface area contributed by atoms with Gasteiger partial charge < -0.3 is 14.7 Å². The molecule has 0 saturated carbocycles. The minimum atomic E-state index is 0.00450. The van der Waals surface area contributed by atoms with E-state index in [4.69, 9.17) is 16.3 Å². The van der Waals surface area contributed by atoms with Crippen LogP contribution in [0.4, 0.5) is 0 Å². The fourth-order valence-electron chi connectivity index (χ4n) is 3.35. The summed E-state index contributed by atoms with van der Waals surface area (Å²) >= 11 is 5.95. The lowest BCUT2D eigenvalue weighted by molar-refractivity contribution is 0.0166. The quantitative estimate of drug-likeness (QED) is 0.919. The summed E-state index contributed by atoms with van der Waals surface area (Å²) in [7, 11) is 0. The van der Waals surface area contributed by atoms with Gasteiger partial charge in [-0.05, 0) is 37.5 Å². The first-order chi connectivity index (χ1) is 11.1. The Morgan fingerprint density at radius 1 is 1.26 bits per heavy atom. The van der Waals surface area contributed by atoms with Crippen LogP contribution in [0.25, 0.3) is 0 Å². The van der Waals surface area contributed by atoms with Crippen molar-refractivity contribution in [3.8, 4) is 5.75 Å². The minimum Gasteiger partial charge on any atom is -0.506 e. The number of piperidine rings is 1. The van der Waals surface area contributed by atoms with Crippen molar-refractivity contribution in [1.29, 1.82) is 0 Å². The molecule has 2 saturated heterocycles. The first kappa shape index (κ1) is 16.6. The van der Waals surface area contributed by atoms with E-state index < -0.39 is 0 Å². The summed E-state index contributed by atoms with van der Waals surface area (Å²) < 4.78 is 5.40. The smallest absolute Gasteiger partial charge is 0.254 e. The van der Waals surface area contributed by atoms with Crippen molar-refractivity contribution in [2.75, 3.05) is 39.4 Å².